The van der Waals surface area contributed by atoms with E-state index < -0.39 is 10.8 Å². The number of carbonyl (C=O) groups is 1. The van der Waals surface area contributed by atoms with Gasteiger partial charge in [-0.2, -0.15) is 0 Å². The molecule has 8 nitrogen and oxygen atoms in total. The molecule has 1 aromatic heterocycles. The van der Waals surface area contributed by atoms with Crippen LogP contribution in [0.1, 0.15) is 5.56 Å². The van der Waals surface area contributed by atoms with Crippen LogP contribution in [0.2, 0.25) is 0 Å². The normalized spacial score (nSPS) is 12.3. The van der Waals surface area contributed by atoms with Gasteiger partial charge in [0.25, 0.3) is 5.69 Å². The van der Waals surface area contributed by atoms with E-state index in [0.29, 0.717) is 11.5 Å². The second-order valence-electron chi connectivity index (χ2n) is 4.59. The maximum atomic E-state index is 11.8. The topological polar surface area (TPSA) is 104 Å². The quantitative estimate of drug-likeness (QED) is 0.528. The molecule has 3 rings (SSSR count). The average Bonchev–Trinajstić information content (AvgIpc) is 3.01. The van der Waals surface area contributed by atoms with Gasteiger partial charge in [-0.15, -0.1) is 0 Å². The van der Waals surface area contributed by atoms with Gasteiger partial charge in [-0.1, -0.05) is 6.07 Å². The molecular weight excluding hydrogens is 302 g/mol. The zero-order valence-corrected chi connectivity index (χ0v) is 11.8. The highest BCUT2D eigenvalue weighted by Gasteiger charge is 2.12. The Morgan fingerprint density at radius 2 is 2.09 bits per heavy atom. The smallest absolute Gasteiger partial charge is 0.287 e. The number of amides is 1. The van der Waals surface area contributed by atoms with Crippen molar-refractivity contribution >= 4 is 23.5 Å². The molecule has 8 heteroatoms. The van der Waals surface area contributed by atoms with E-state index in [4.69, 9.17) is 9.47 Å². The summed E-state index contributed by atoms with van der Waals surface area (Å²) in [5, 5.41) is 13.0. The number of fused-ring (bicyclic) bond motifs is 1. The van der Waals surface area contributed by atoms with Crippen LogP contribution in [0.3, 0.4) is 0 Å². The van der Waals surface area contributed by atoms with E-state index in [9.17, 15) is 14.9 Å². The Bertz CT molecular complexity index is 786. The largest absolute Gasteiger partial charge is 0.454 e. The minimum Gasteiger partial charge on any atom is -0.454 e. The molecule has 0 saturated carbocycles. The first-order valence-electron chi connectivity index (χ1n) is 6.61. The van der Waals surface area contributed by atoms with Crippen LogP contribution in [0.5, 0.6) is 11.5 Å². The van der Waals surface area contributed by atoms with Crippen molar-refractivity contribution in [3.8, 4) is 11.5 Å². The molecule has 0 bridgehead atoms. The molecule has 0 radical (unpaired) electrons. The first-order chi connectivity index (χ1) is 11.1. The third-order valence-electron chi connectivity index (χ3n) is 3.03. The van der Waals surface area contributed by atoms with Crippen molar-refractivity contribution in [3.63, 3.8) is 0 Å². The number of nitrogens with zero attached hydrogens (tertiary/aromatic N) is 2. The second-order valence-corrected chi connectivity index (χ2v) is 4.59. The number of anilines is 1. The molecule has 0 aliphatic carbocycles. The number of rotatable bonds is 4. The molecule has 1 amide bonds. The highest BCUT2D eigenvalue weighted by Crippen LogP contribution is 2.32. The Balaban J connectivity index is 1.63. The van der Waals surface area contributed by atoms with Gasteiger partial charge in [0.2, 0.25) is 12.7 Å². The van der Waals surface area contributed by atoms with E-state index in [-0.39, 0.29) is 18.3 Å². The van der Waals surface area contributed by atoms with Crippen molar-refractivity contribution in [3.05, 3.63) is 58.3 Å². The number of nitro groups is 1. The molecule has 1 aliphatic rings. The minimum atomic E-state index is -0.557. The standard InChI is InChI=1S/C15H11N3O5/c19-15(17-14-5-3-11(8-16-14)18(20)21)6-2-10-1-4-12-13(7-10)23-9-22-12/h1-8H,9H2,(H,16,17,19). The number of carbonyl (C=O) groups excluding carboxylic acids is 1. The summed E-state index contributed by atoms with van der Waals surface area (Å²) in [4.78, 5) is 25.6. The van der Waals surface area contributed by atoms with Gasteiger partial charge in [-0.05, 0) is 29.8 Å². The summed E-state index contributed by atoms with van der Waals surface area (Å²) in [6, 6.07) is 7.95. The predicted octanol–water partition coefficient (Wildman–Crippen LogP) is 2.37. The van der Waals surface area contributed by atoms with E-state index >= 15 is 0 Å². The van der Waals surface area contributed by atoms with Crippen LogP contribution in [-0.4, -0.2) is 22.6 Å². The third kappa shape index (κ3) is 3.43. The van der Waals surface area contributed by atoms with E-state index in [2.05, 4.69) is 10.3 Å². The van der Waals surface area contributed by atoms with Gasteiger partial charge < -0.3 is 14.8 Å². The Morgan fingerprint density at radius 3 is 2.83 bits per heavy atom. The van der Waals surface area contributed by atoms with Gasteiger partial charge >= 0.3 is 0 Å². The van der Waals surface area contributed by atoms with E-state index in [1.54, 1.807) is 24.3 Å². The van der Waals surface area contributed by atoms with Gasteiger partial charge in [-0.3, -0.25) is 14.9 Å². The lowest BCUT2D eigenvalue weighted by Gasteiger charge is -2.00. The summed E-state index contributed by atoms with van der Waals surface area (Å²) < 4.78 is 10.5. The summed E-state index contributed by atoms with van der Waals surface area (Å²) in [5.41, 5.74) is 0.639. The number of ether oxygens (including phenoxy) is 2. The lowest BCUT2D eigenvalue weighted by atomic mass is 10.2. The van der Waals surface area contributed by atoms with Gasteiger partial charge in [0.1, 0.15) is 12.0 Å². The number of hydrogen-bond acceptors (Lipinski definition) is 6. The Hall–Kier alpha value is -3.42. The molecule has 1 aromatic carbocycles. The average molecular weight is 313 g/mol. The molecule has 2 heterocycles. The zero-order valence-electron chi connectivity index (χ0n) is 11.8. The van der Waals surface area contributed by atoms with Gasteiger partial charge in [-0.25, -0.2) is 4.98 Å². The molecule has 0 unspecified atom stereocenters. The second kappa shape index (κ2) is 6.14. The Labute approximate surface area is 130 Å². The van der Waals surface area contributed by atoms with Gasteiger partial charge in [0.15, 0.2) is 11.5 Å². The first kappa shape index (κ1) is 14.5. The van der Waals surface area contributed by atoms with Crippen molar-refractivity contribution in [1.82, 2.24) is 4.98 Å². The number of aromatic nitrogens is 1. The summed E-state index contributed by atoms with van der Waals surface area (Å²) in [5.74, 6) is 1.13. The van der Waals surface area contributed by atoms with E-state index in [1.165, 1.54) is 18.2 Å². The lowest BCUT2D eigenvalue weighted by Crippen LogP contribution is -2.09. The molecule has 1 N–H and O–H groups in total. The van der Waals surface area contributed by atoms with Gasteiger partial charge in [0, 0.05) is 12.1 Å². The monoisotopic (exact) mass is 313 g/mol. The fourth-order valence-electron chi connectivity index (χ4n) is 1.92. The molecule has 0 fully saturated rings. The van der Waals surface area contributed by atoms with Crippen LogP contribution in [-0.2, 0) is 4.79 Å². The zero-order chi connectivity index (χ0) is 16.2. The maximum Gasteiger partial charge on any atom is 0.287 e. The molecule has 1 aliphatic heterocycles. The van der Waals surface area contributed by atoms with Crippen LogP contribution in [0.25, 0.3) is 6.08 Å². The molecule has 0 atom stereocenters. The van der Waals surface area contributed by atoms with Crippen LogP contribution in [0.4, 0.5) is 11.5 Å². The van der Waals surface area contributed by atoms with Crippen molar-refractivity contribution in [2.24, 2.45) is 0 Å². The Kier molecular flexibility index (Phi) is 3.88. The number of benzene rings is 1. The summed E-state index contributed by atoms with van der Waals surface area (Å²) in [7, 11) is 0. The van der Waals surface area contributed by atoms with E-state index in [0.717, 1.165) is 11.8 Å². The highest BCUT2D eigenvalue weighted by molar-refractivity contribution is 6.01. The molecular formula is C15H11N3O5. The summed E-state index contributed by atoms with van der Waals surface area (Å²) >= 11 is 0. The van der Waals surface area contributed by atoms with Crippen molar-refractivity contribution < 1.29 is 19.2 Å². The first-order valence-corrected chi connectivity index (χ1v) is 6.61. The van der Waals surface area contributed by atoms with Crippen molar-refractivity contribution in [2.45, 2.75) is 0 Å². The highest BCUT2D eigenvalue weighted by atomic mass is 16.7. The summed E-state index contributed by atoms with van der Waals surface area (Å²) in [6.45, 7) is 0.189. The fraction of sp³-hybridized carbons (Fsp3) is 0.0667. The van der Waals surface area contributed by atoms with Crippen LogP contribution in [0.15, 0.2) is 42.6 Å². The van der Waals surface area contributed by atoms with Crippen LogP contribution >= 0.6 is 0 Å². The SMILES string of the molecule is O=C(C=Cc1ccc2c(c1)OCO2)Nc1ccc([N+](=O)[O-])cn1. The van der Waals surface area contributed by atoms with Crippen molar-refractivity contribution in [1.29, 1.82) is 0 Å². The third-order valence-corrected chi connectivity index (χ3v) is 3.03. The maximum absolute atomic E-state index is 11.8. The number of pyridine rings is 1. The molecule has 2 aromatic rings. The number of hydrogen-bond donors (Lipinski definition) is 1. The van der Waals surface area contributed by atoms with Crippen LogP contribution in [0, 0.1) is 10.1 Å². The molecule has 0 saturated heterocycles. The minimum absolute atomic E-state index is 0.140. The predicted molar refractivity (Wildman–Crippen MR) is 81.1 cm³/mol. The lowest BCUT2D eigenvalue weighted by molar-refractivity contribution is -0.385. The van der Waals surface area contributed by atoms with E-state index in [1.807, 2.05) is 0 Å². The van der Waals surface area contributed by atoms with Crippen LogP contribution < -0.4 is 14.8 Å². The number of nitrogens with one attached hydrogen (secondary N) is 1. The molecule has 0 spiro atoms. The molecule has 116 valence electrons. The Morgan fingerprint density at radius 1 is 1.26 bits per heavy atom. The fourth-order valence-corrected chi connectivity index (χ4v) is 1.92. The van der Waals surface area contributed by atoms with Crippen molar-refractivity contribution in [2.75, 3.05) is 12.1 Å². The van der Waals surface area contributed by atoms with Gasteiger partial charge in [0.05, 0.1) is 4.92 Å². The summed E-state index contributed by atoms with van der Waals surface area (Å²) in [6.07, 6.45) is 4.03. The molecule has 23 heavy (non-hydrogen) atoms.